The van der Waals surface area contributed by atoms with Crippen LogP contribution < -0.4 is 0 Å². The first-order valence-corrected chi connectivity index (χ1v) is 11.8. The normalized spacial score (nSPS) is 23.7. The Morgan fingerprint density at radius 1 is 1.19 bits per heavy atom. The maximum absolute atomic E-state index is 14.7. The van der Waals surface area contributed by atoms with Crippen LogP contribution in [0.1, 0.15) is 40.7 Å². The number of rotatable bonds is 3. The Kier molecular flexibility index (Phi) is 5.66. The van der Waals surface area contributed by atoms with Gasteiger partial charge in [0.15, 0.2) is 5.82 Å². The van der Waals surface area contributed by atoms with Gasteiger partial charge in [-0.2, -0.15) is 9.94 Å². The van der Waals surface area contributed by atoms with E-state index < -0.39 is 23.3 Å². The molecule has 2 aliphatic heterocycles. The number of benzene rings is 1. The number of aromatic nitrogens is 5. The largest absolute Gasteiger partial charge is 0.370 e. The van der Waals surface area contributed by atoms with Crippen LogP contribution in [0, 0.1) is 23.0 Å². The summed E-state index contributed by atoms with van der Waals surface area (Å²) in [4.78, 5) is 22.0. The lowest BCUT2D eigenvalue weighted by Gasteiger charge is -2.46. The highest BCUT2D eigenvalue weighted by Gasteiger charge is 2.39. The minimum Gasteiger partial charge on any atom is -0.370 e. The predicted molar refractivity (Wildman–Crippen MR) is 120 cm³/mol. The van der Waals surface area contributed by atoms with E-state index in [4.69, 9.17) is 10.00 Å². The number of carbonyl (C=O) groups excluding carboxylic acids is 1. The summed E-state index contributed by atoms with van der Waals surface area (Å²) in [6.45, 7) is 2.42. The number of tetrazole rings is 1. The molecule has 12 heteroatoms. The second kappa shape index (κ2) is 9.00. The molecular formula is C24H22F2N8O2. The van der Waals surface area contributed by atoms with E-state index in [9.17, 15) is 13.6 Å². The molecule has 0 bridgehead atoms. The second-order valence-corrected chi connectivity index (χ2v) is 9.28. The first-order valence-electron chi connectivity index (χ1n) is 11.8. The van der Waals surface area contributed by atoms with Crippen molar-refractivity contribution in [1.82, 2.24) is 35.0 Å². The third kappa shape index (κ3) is 3.81. The molecule has 0 N–H and O–H groups in total. The van der Waals surface area contributed by atoms with Gasteiger partial charge in [0.05, 0.1) is 24.7 Å². The first kappa shape index (κ1) is 22.6. The Hall–Kier alpha value is -3.82. The number of pyridine rings is 1. The highest BCUT2D eigenvalue weighted by atomic mass is 19.1. The smallest absolute Gasteiger partial charge is 0.230 e. The van der Waals surface area contributed by atoms with Gasteiger partial charge in [-0.25, -0.2) is 13.8 Å². The molecule has 3 aromatic rings. The Bertz CT molecular complexity index is 1360. The van der Waals surface area contributed by atoms with Crippen LogP contribution in [-0.2, 0) is 16.0 Å². The average Bonchev–Trinajstić information content (AvgIpc) is 3.58. The average molecular weight is 492 g/mol. The van der Waals surface area contributed by atoms with Gasteiger partial charge in [0, 0.05) is 37.9 Å². The lowest BCUT2D eigenvalue weighted by atomic mass is 9.98. The number of halogens is 2. The molecule has 6 rings (SSSR count). The summed E-state index contributed by atoms with van der Waals surface area (Å²) >= 11 is 0. The van der Waals surface area contributed by atoms with Gasteiger partial charge in [0.1, 0.15) is 29.6 Å². The van der Waals surface area contributed by atoms with Gasteiger partial charge >= 0.3 is 0 Å². The number of carbonyl (C=O) groups is 1. The Labute approximate surface area is 205 Å². The number of hydrogen-bond donors (Lipinski definition) is 0. The fraction of sp³-hybridized carbons (Fsp3) is 0.417. The number of aryl methyl sites for hydroxylation is 1. The summed E-state index contributed by atoms with van der Waals surface area (Å²) in [5.41, 5.74) is 1.61. The predicted octanol–water partition coefficient (Wildman–Crippen LogP) is 1.52. The molecule has 1 unspecified atom stereocenters. The molecule has 36 heavy (non-hydrogen) atoms. The molecule has 4 heterocycles. The third-order valence-electron chi connectivity index (χ3n) is 7.36. The van der Waals surface area contributed by atoms with Crippen LogP contribution in [0.2, 0.25) is 0 Å². The molecule has 3 aliphatic rings. The van der Waals surface area contributed by atoms with Crippen molar-refractivity contribution >= 4 is 5.91 Å². The van der Waals surface area contributed by atoms with Crippen molar-refractivity contribution in [2.45, 2.75) is 30.9 Å². The van der Waals surface area contributed by atoms with Gasteiger partial charge < -0.3 is 9.64 Å². The lowest BCUT2D eigenvalue weighted by Crippen LogP contribution is -2.60. The van der Waals surface area contributed by atoms with E-state index in [1.54, 1.807) is 12.3 Å². The molecule has 2 fully saturated rings. The zero-order valence-electron chi connectivity index (χ0n) is 19.2. The summed E-state index contributed by atoms with van der Waals surface area (Å²) in [6.07, 6.45) is 4.14. The summed E-state index contributed by atoms with van der Waals surface area (Å²) in [5.74, 6) is -1.29. The van der Waals surface area contributed by atoms with Gasteiger partial charge in [-0.3, -0.25) is 9.69 Å². The number of morpholine rings is 1. The van der Waals surface area contributed by atoms with Gasteiger partial charge in [0.25, 0.3) is 0 Å². The van der Waals surface area contributed by atoms with Crippen LogP contribution in [0.3, 0.4) is 0 Å². The van der Waals surface area contributed by atoms with E-state index in [-0.39, 0.29) is 23.4 Å². The molecule has 2 saturated heterocycles. The number of hydrogen-bond acceptors (Lipinski definition) is 8. The molecule has 1 amide bonds. The molecule has 1 aliphatic carbocycles. The van der Waals surface area contributed by atoms with Crippen molar-refractivity contribution in [3.8, 4) is 11.9 Å². The number of ether oxygens (including phenoxy) is 1. The SMILES string of the molecule is N#Cc1c(F)ccc([C@H]2CN3CCN(C(=O)C4CCc5cc(-n6cnnn6)ncc54)C[C@@H]3CO2)c1F. The number of nitriles is 1. The van der Waals surface area contributed by atoms with Crippen LogP contribution in [0.25, 0.3) is 5.82 Å². The zero-order valence-corrected chi connectivity index (χ0v) is 19.2. The van der Waals surface area contributed by atoms with E-state index in [0.29, 0.717) is 38.6 Å². The molecular weight excluding hydrogens is 470 g/mol. The van der Waals surface area contributed by atoms with E-state index >= 15 is 0 Å². The van der Waals surface area contributed by atoms with Crippen molar-refractivity contribution in [2.24, 2.45) is 0 Å². The maximum Gasteiger partial charge on any atom is 0.230 e. The molecule has 10 nitrogen and oxygen atoms in total. The number of piperazine rings is 1. The molecule has 2 aromatic heterocycles. The van der Waals surface area contributed by atoms with Gasteiger partial charge in [-0.1, -0.05) is 6.07 Å². The minimum absolute atomic E-state index is 0.0147. The fourth-order valence-corrected chi connectivity index (χ4v) is 5.44. The van der Waals surface area contributed by atoms with Gasteiger partial charge in [-0.05, 0) is 46.5 Å². The Morgan fingerprint density at radius 3 is 2.89 bits per heavy atom. The highest BCUT2D eigenvalue weighted by Crippen LogP contribution is 2.36. The molecule has 0 radical (unpaired) electrons. The van der Waals surface area contributed by atoms with Crippen LogP contribution in [0.5, 0.6) is 0 Å². The Morgan fingerprint density at radius 2 is 2.08 bits per heavy atom. The fourth-order valence-electron chi connectivity index (χ4n) is 5.44. The summed E-state index contributed by atoms with van der Waals surface area (Å²) in [6, 6.07) is 5.94. The van der Waals surface area contributed by atoms with E-state index in [0.717, 1.165) is 30.0 Å². The van der Waals surface area contributed by atoms with Crippen molar-refractivity contribution in [1.29, 1.82) is 5.26 Å². The monoisotopic (exact) mass is 492 g/mol. The van der Waals surface area contributed by atoms with Crippen molar-refractivity contribution in [3.05, 3.63) is 64.6 Å². The number of amides is 1. The first-order chi connectivity index (χ1) is 17.5. The summed E-state index contributed by atoms with van der Waals surface area (Å²) in [5, 5.41) is 20.2. The van der Waals surface area contributed by atoms with Crippen LogP contribution in [0.15, 0.2) is 30.7 Å². The van der Waals surface area contributed by atoms with Crippen molar-refractivity contribution < 1.29 is 18.3 Å². The molecule has 1 aromatic carbocycles. The van der Waals surface area contributed by atoms with E-state index in [1.165, 1.54) is 17.1 Å². The Balaban J connectivity index is 1.12. The molecule has 184 valence electrons. The summed E-state index contributed by atoms with van der Waals surface area (Å²) in [7, 11) is 0. The number of fused-ring (bicyclic) bond motifs is 2. The van der Waals surface area contributed by atoms with Gasteiger partial charge in [0.2, 0.25) is 5.91 Å². The zero-order chi connectivity index (χ0) is 24.8. The topological polar surface area (TPSA) is 113 Å². The van der Waals surface area contributed by atoms with Crippen LogP contribution in [-0.4, -0.2) is 79.7 Å². The van der Waals surface area contributed by atoms with E-state index in [2.05, 4.69) is 25.4 Å². The standard InChI is InChI=1S/C24H22F2N8O2/c25-20-4-3-17(23(26)18(20)8-27)21-11-32-5-6-33(10-15(32)12-36-21)24(35)16-2-1-14-7-22(28-9-19(14)16)34-13-29-30-31-34/h3-4,7,9,13,15-16,21H,1-2,5-6,10-12H2/t15-,16?,21-/m1/s1. The van der Waals surface area contributed by atoms with Crippen molar-refractivity contribution in [3.63, 3.8) is 0 Å². The minimum atomic E-state index is -0.880. The summed E-state index contributed by atoms with van der Waals surface area (Å²) < 4.78 is 35.8. The van der Waals surface area contributed by atoms with Gasteiger partial charge in [-0.15, -0.1) is 5.10 Å². The quantitative estimate of drug-likeness (QED) is 0.541. The molecule has 0 saturated carbocycles. The number of nitrogens with zero attached hydrogens (tertiary/aromatic N) is 8. The van der Waals surface area contributed by atoms with Crippen molar-refractivity contribution in [2.75, 3.05) is 32.8 Å². The van der Waals surface area contributed by atoms with Crippen LogP contribution >= 0.6 is 0 Å². The maximum atomic E-state index is 14.7. The van der Waals surface area contributed by atoms with E-state index in [1.807, 2.05) is 11.0 Å². The lowest BCUT2D eigenvalue weighted by molar-refractivity contribution is -0.141. The van der Waals surface area contributed by atoms with Crippen LogP contribution in [0.4, 0.5) is 8.78 Å². The second-order valence-electron chi connectivity index (χ2n) is 9.28. The highest BCUT2D eigenvalue weighted by molar-refractivity contribution is 5.85. The molecule has 0 spiro atoms. The molecule has 3 atom stereocenters. The third-order valence-corrected chi connectivity index (χ3v) is 7.36.